The molecule has 24 heavy (non-hydrogen) atoms. The summed E-state index contributed by atoms with van der Waals surface area (Å²) in [5.41, 5.74) is 3.62. The minimum Gasteiger partial charge on any atom is -0.504 e. The Bertz CT molecular complexity index is 672. The number of hydrogen-bond donors (Lipinski definition) is 3. The fourth-order valence-corrected chi connectivity index (χ4v) is 2.50. The van der Waals surface area contributed by atoms with Crippen molar-refractivity contribution in [2.45, 2.75) is 26.3 Å². The number of methoxy groups -OCH3 is 1. The molecular formula is C19H24N2O2S. The minimum absolute atomic E-state index is 0.137. The maximum atomic E-state index is 9.58. The number of rotatable bonds is 7. The van der Waals surface area contributed by atoms with Gasteiger partial charge in [0.1, 0.15) is 0 Å². The first-order chi connectivity index (χ1) is 11.6. The zero-order chi connectivity index (χ0) is 17.4. The molecule has 0 bridgehead atoms. The average molecular weight is 344 g/mol. The first-order valence-electron chi connectivity index (χ1n) is 8.01. The van der Waals surface area contributed by atoms with Gasteiger partial charge in [0, 0.05) is 13.1 Å². The summed E-state index contributed by atoms with van der Waals surface area (Å²) in [4.78, 5) is 0. The maximum absolute atomic E-state index is 9.58. The molecule has 0 unspecified atom stereocenters. The average Bonchev–Trinajstić information content (AvgIpc) is 2.59. The van der Waals surface area contributed by atoms with E-state index in [2.05, 4.69) is 41.8 Å². The lowest BCUT2D eigenvalue weighted by atomic mass is 10.1. The van der Waals surface area contributed by atoms with Crippen LogP contribution in [-0.2, 0) is 13.0 Å². The van der Waals surface area contributed by atoms with Crippen LogP contribution in [0.1, 0.15) is 23.1 Å². The summed E-state index contributed by atoms with van der Waals surface area (Å²) in [6.45, 7) is 3.51. The van der Waals surface area contributed by atoms with Crippen LogP contribution in [0, 0.1) is 6.92 Å². The second-order valence-corrected chi connectivity index (χ2v) is 6.11. The molecule has 4 nitrogen and oxygen atoms in total. The highest BCUT2D eigenvalue weighted by Gasteiger charge is 2.03. The third kappa shape index (κ3) is 5.74. The predicted octanol–water partition coefficient (Wildman–Crippen LogP) is 3.31. The van der Waals surface area contributed by atoms with Gasteiger partial charge >= 0.3 is 0 Å². The molecule has 2 aromatic rings. The molecule has 0 atom stereocenters. The summed E-state index contributed by atoms with van der Waals surface area (Å²) in [7, 11) is 1.53. The molecule has 0 heterocycles. The molecule has 0 aromatic heterocycles. The highest BCUT2D eigenvalue weighted by atomic mass is 32.1. The zero-order valence-corrected chi connectivity index (χ0v) is 15.0. The molecule has 2 rings (SSSR count). The van der Waals surface area contributed by atoms with Crippen molar-refractivity contribution >= 4 is 17.3 Å². The monoisotopic (exact) mass is 344 g/mol. The molecule has 128 valence electrons. The lowest BCUT2D eigenvalue weighted by Gasteiger charge is -2.11. The Morgan fingerprint density at radius 2 is 1.79 bits per heavy atom. The van der Waals surface area contributed by atoms with Crippen molar-refractivity contribution in [3.8, 4) is 11.5 Å². The number of benzene rings is 2. The Morgan fingerprint density at radius 1 is 1.08 bits per heavy atom. The van der Waals surface area contributed by atoms with E-state index in [-0.39, 0.29) is 5.75 Å². The normalized spacial score (nSPS) is 10.2. The largest absolute Gasteiger partial charge is 0.504 e. The van der Waals surface area contributed by atoms with E-state index in [9.17, 15) is 5.11 Å². The third-order valence-corrected chi connectivity index (χ3v) is 4.03. The summed E-state index contributed by atoms with van der Waals surface area (Å²) in [5.74, 6) is 0.601. The molecule has 0 fully saturated rings. The first-order valence-corrected chi connectivity index (χ1v) is 8.42. The maximum Gasteiger partial charge on any atom is 0.166 e. The second-order valence-electron chi connectivity index (χ2n) is 5.70. The SMILES string of the molecule is COc1cc(CNC(=S)NCCCc2ccc(C)cc2)ccc1O. The molecule has 3 N–H and O–H groups in total. The van der Waals surface area contributed by atoms with Gasteiger partial charge in [0.05, 0.1) is 7.11 Å². The van der Waals surface area contributed by atoms with Crippen LogP contribution in [0.4, 0.5) is 0 Å². The smallest absolute Gasteiger partial charge is 0.166 e. The van der Waals surface area contributed by atoms with Gasteiger partial charge in [-0.15, -0.1) is 0 Å². The van der Waals surface area contributed by atoms with Crippen LogP contribution in [0.25, 0.3) is 0 Å². The molecule has 5 heteroatoms. The Kier molecular flexibility index (Phi) is 6.88. The fourth-order valence-electron chi connectivity index (χ4n) is 2.33. The Balaban J connectivity index is 1.67. The summed E-state index contributed by atoms with van der Waals surface area (Å²) in [6, 6.07) is 13.9. The number of thiocarbonyl (C=S) groups is 1. The lowest BCUT2D eigenvalue weighted by molar-refractivity contribution is 0.373. The summed E-state index contributed by atoms with van der Waals surface area (Å²) >= 11 is 5.28. The van der Waals surface area contributed by atoms with Crippen molar-refractivity contribution in [2.24, 2.45) is 0 Å². The molecular weight excluding hydrogens is 320 g/mol. The molecule has 0 spiro atoms. The van der Waals surface area contributed by atoms with Crippen LogP contribution in [0.5, 0.6) is 11.5 Å². The number of phenols is 1. The second kappa shape index (κ2) is 9.13. The Hall–Kier alpha value is -2.27. The van der Waals surface area contributed by atoms with E-state index >= 15 is 0 Å². The number of nitrogens with one attached hydrogen (secondary N) is 2. The van der Waals surface area contributed by atoms with Crippen LogP contribution in [0.2, 0.25) is 0 Å². The van der Waals surface area contributed by atoms with E-state index in [0.717, 1.165) is 24.9 Å². The minimum atomic E-state index is 0.137. The molecule has 0 saturated carbocycles. The highest BCUT2D eigenvalue weighted by Crippen LogP contribution is 2.26. The van der Waals surface area contributed by atoms with Crippen molar-refractivity contribution in [3.63, 3.8) is 0 Å². The molecule has 0 saturated heterocycles. The molecule has 0 aliphatic carbocycles. The quantitative estimate of drug-likeness (QED) is 0.531. The van der Waals surface area contributed by atoms with Crippen molar-refractivity contribution in [1.82, 2.24) is 10.6 Å². The molecule has 0 aliphatic heterocycles. The van der Waals surface area contributed by atoms with Crippen molar-refractivity contribution < 1.29 is 9.84 Å². The zero-order valence-electron chi connectivity index (χ0n) is 14.1. The van der Waals surface area contributed by atoms with Crippen LogP contribution < -0.4 is 15.4 Å². The number of aryl methyl sites for hydroxylation is 2. The van der Waals surface area contributed by atoms with E-state index in [1.54, 1.807) is 12.1 Å². The lowest BCUT2D eigenvalue weighted by Crippen LogP contribution is -2.35. The molecule has 0 radical (unpaired) electrons. The van der Waals surface area contributed by atoms with Crippen LogP contribution in [0.15, 0.2) is 42.5 Å². The van der Waals surface area contributed by atoms with E-state index in [1.165, 1.54) is 18.2 Å². The van der Waals surface area contributed by atoms with Gasteiger partial charge < -0.3 is 20.5 Å². The topological polar surface area (TPSA) is 53.5 Å². The molecule has 0 amide bonds. The van der Waals surface area contributed by atoms with Gasteiger partial charge in [-0.05, 0) is 55.2 Å². The van der Waals surface area contributed by atoms with E-state index in [1.807, 2.05) is 6.07 Å². The van der Waals surface area contributed by atoms with Gasteiger partial charge in [-0.3, -0.25) is 0 Å². The van der Waals surface area contributed by atoms with Gasteiger partial charge in [-0.2, -0.15) is 0 Å². The van der Waals surface area contributed by atoms with Gasteiger partial charge in [0.2, 0.25) is 0 Å². The van der Waals surface area contributed by atoms with Crippen LogP contribution in [0.3, 0.4) is 0 Å². The summed E-state index contributed by atoms with van der Waals surface area (Å²) in [5, 5.41) is 16.6. The van der Waals surface area contributed by atoms with Crippen molar-refractivity contribution in [1.29, 1.82) is 0 Å². The Morgan fingerprint density at radius 3 is 2.50 bits per heavy atom. The van der Waals surface area contributed by atoms with Crippen molar-refractivity contribution in [2.75, 3.05) is 13.7 Å². The first kappa shape index (κ1) is 18.1. The van der Waals surface area contributed by atoms with Gasteiger partial charge in [-0.25, -0.2) is 0 Å². The van der Waals surface area contributed by atoms with E-state index in [4.69, 9.17) is 17.0 Å². The molecule has 2 aromatic carbocycles. The number of phenolic OH excluding ortho intramolecular Hbond substituents is 1. The van der Waals surface area contributed by atoms with Gasteiger partial charge in [0.25, 0.3) is 0 Å². The predicted molar refractivity (Wildman–Crippen MR) is 102 cm³/mol. The summed E-state index contributed by atoms with van der Waals surface area (Å²) in [6.07, 6.45) is 2.06. The van der Waals surface area contributed by atoms with Crippen molar-refractivity contribution in [3.05, 3.63) is 59.2 Å². The highest BCUT2D eigenvalue weighted by molar-refractivity contribution is 7.80. The number of aromatic hydroxyl groups is 1. The molecule has 0 aliphatic rings. The third-order valence-electron chi connectivity index (χ3n) is 3.75. The number of ether oxygens (including phenoxy) is 1. The summed E-state index contributed by atoms with van der Waals surface area (Å²) < 4.78 is 5.10. The van der Waals surface area contributed by atoms with Crippen LogP contribution in [-0.4, -0.2) is 23.9 Å². The fraction of sp³-hybridized carbons (Fsp3) is 0.316. The van der Waals surface area contributed by atoms with E-state index < -0.39 is 0 Å². The van der Waals surface area contributed by atoms with Gasteiger partial charge in [-0.1, -0.05) is 35.9 Å². The van der Waals surface area contributed by atoms with Crippen LogP contribution >= 0.6 is 12.2 Å². The Labute approximate surface area is 148 Å². The van der Waals surface area contributed by atoms with E-state index in [0.29, 0.717) is 17.4 Å². The standard InChI is InChI=1S/C19H24N2O2S/c1-14-5-7-15(8-6-14)4-3-11-20-19(24)21-13-16-9-10-17(22)18(12-16)23-2/h5-10,12,22H,3-4,11,13H2,1-2H3,(H2,20,21,24). The van der Waals surface area contributed by atoms with Gasteiger partial charge in [0.15, 0.2) is 16.6 Å². The number of hydrogen-bond acceptors (Lipinski definition) is 3.